The zero-order valence-electron chi connectivity index (χ0n) is 8.46. The molecule has 1 saturated heterocycles. The van der Waals surface area contributed by atoms with Gasteiger partial charge in [-0.25, -0.2) is 0 Å². The van der Waals surface area contributed by atoms with Crippen LogP contribution in [0.15, 0.2) is 0 Å². The summed E-state index contributed by atoms with van der Waals surface area (Å²) in [4.78, 5) is 23.3. The molecule has 78 valence electrons. The number of alkyl halides is 1. The highest BCUT2D eigenvalue weighted by atomic mass is 79.9. The van der Waals surface area contributed by atoms with Gasteiger partial charge in [0.05, 0.1) is 11.3 Å². The topological polar surface area (TPSA) is 43.4 Å². The minimum Gasteiger partial charge on any atom is -0.392 e. The molecule has 0 N–H and O–H groups in total. The van der Waals surface area contributed by atoms with Crippen molar-refractivity contribution in [1.82, 2.24) is 0 Å². The minimum absolute atomic E-state index is 0.0569. The average molecular weight is 261 g/mol. The van der Waals surface area contributed by atoms with Crippen LogP contribution in [0.1, 0.15) is 27.2 Å². The van der Waals surface area contributed by atoms with E-state index in [1.807, 2.05) is 20.8 Å². The fourth-order valence-corrected chi connectivity index (χ4v) is 4.15. The summed E-state index contributed by atoms with van der Waals surface area (Å²) in [5.41, 5.74) is -0.840. The highest BCUT2D eigenvalue weighted by Crippen LogP contribution is 2.61. The van der Waals surface area contributed by atoms with E-state index in [4.69, 9.17) is 4.74 Å². The molecule has 1 saturated carbocycles. The van der Waals surface area contributed by atoms with E-state index in [0.29, 0.717) is 6.42 Å². The van der Waals surface area contributed by atoms with Crippen LogP contribution in [0, 0.1) is 16.7 Å². The third-order valence-corrected chi connectivity index (χ3v) is 4.91. The SMILES string of the molecule is CC12CC(Br)C(C(=O)OC1=O)C2(C)C. The van der Waals surface area contributed by atoms with Crippen LogP contribution >= 0.6 is 15.9 Å². The molecule has 0 spiro atoms. The third-order valence-electron chi connectivity index (χ3n) is 4.06. The van der Waals surface area contributed by atoms with E-state index >= 15 is 0 Å². The predicted molar refractivity (Wildman–Crippen MR) is 53.8 cm³/mol. The first-order chi connectivity index (χ1) is 6.30. The van der Waals surface area contributed by atoms with Gasteiger partial charge >= 0.3 is 11.9 Å². The van der Waals surface area contributed by atoms with Crippen LogP contribution in [0.4, 0.5) is 0 Å². The van der Waals surface area contributed by atoms with E-state index < -0.39 is 5.41 Å². The Balaban J connectivity index is 2.55. The van der Waals surface area contributed by atoms with Gasteiger partial charge < -0.3 is 4.74 Å². The van der Waals surface area contributed by atoms with E-state index in [-0.39, 0.29) is 28.1 Å². The lowest BCUT2D eigenvalue weighted by Gasteiger charge is -2.41. The number of halogens is 1. The van der Waals surface area contributed by atoms with Crippen LogP contribution in [0.3, 0.4) is 0 Å². The summed E-state index contributed by atoms with van der Waals surface area (Å²) < 4.78 is 4.77. The molecule has 3 unspecified atom stereocenters. The first-order valence-electron chi connectivity index (χ1n) is 4.71. The van der Waals surface area contributed by atoms with Crippen molar-refractivity contribution in [3.63, 3.8) is 0 Å². The Bertz CT molecular complexity index is 323. The summed E-state index contributed by atoms with van der Waals surface area (Å²) in [6, 6.07) is 0. The fourth-order valence-electron chi connectivity index (χ4n) is 2.62. The number of carbonyl (C=O) groups is 2. The van der Waals surface area contributed by atoms with Crippen molar-refractivity contribution in [2.24, 2.45) is 16.7 Å². The van der Waals surface area contributed by atoms with Gasteiger partial charge in [-0.15, -0.1) is 0 Å². The van der Waals surface area contributed by atoms with Crippen LogP contribution in [0.2, 0.25) is 0 Å². The van der Waals surface area contributed by atoms with Gasteiger partial charge in [0.1, 0.15) is 0 Å². The van der Waals surface area contributed by atoms with Gasteiger partial charge in [0.25, 0.3) is 0 Å². The lowest BCUT2D eigenvalue weighted by molar-refractivity contribution is -0.184. The van der Waals surface area contributed by atoms with Crippen LogP contribution < -0.4 is 0 Å². The number of carbonyl (C=O) groups excluding carboxylic acids is 2. The molecule has 3 atom stereocenters. The van der Waals surface area contributed by atoms with Gasteiger partial charge in [-0.3, -0.25) is 9.59 Å². The molecule has 0 aromatic carbocycles. The van der Waals surface area contributed by atoms with Crippen molar-refractivity contribution in [2.75, 3.05) is 0 Å². The number of cyclic esters (lactones) is 2. The standard InChI is InChI=1S/C10H13BrO3/c1-9(2)6-5(11)4-10(9,3)8(13)14-7(6)12/h5-6H,4H2,1-3H3. The maximum atomic E-state index is 11.7. The Hall–Kier alpha value is -0.380. The lowest BCUT2D eigenvalue weighted by Crippen LogP contribution is -2.50. The van der Waals surface area contributed by atoms with Crippen molar-refractivity contribution < 1.29 is 14.3 Å². The van der Waals surface area contributed by atoms with Crippen molar-refractivity contribution in [3.8, 4) is 0 Å². The average Bonchev–Trinajstić information content (AvgIpc) is 2.11. The second-order valence-corrected chi connectivity index (χ2v) is 6.14. The Morgan fingerprint density at radius 3 is 2.50 bits per heavy atom. The molecule has 4 heteroatoms. The van der Waals surface area contributed by atoms with Crippen molar-refractivity contribution >= 4 is 27.9 Å². The number of rotatable bonds is 0. The maximum absolute atomic E-state index is 11.7. The molecule has 1 heterocycles. The maximum Gasteiger partial charge on any atom is 0.320 e. The normalized spacial score (nSPS) is 45.1. The lowest BCUT2D eigenvalue weighted by atomic mass is 9.64. The zero-order chi connectivity index (χ0) is 10.7. The largest absolute Gasteiger partial charge is 0.392 e. The number of fused-ring (bicyclic) bond motifs is 2. The second-order valence-electron chi connectivity index (χ2n) is 4.96. The Kier molecular flexibility index (Phi) is 1.88. The zero-order valence-corrected chi connectivity index (χ0v) is 10.1. The Morgan fingerprint density at radius 2 is 1.93 bits per heavy atom. The highest BCUT2D eigenvalue weighted by molar-refractivity contribution is 9.09. The minimum atomic E-state index is -0.528. The van der Waals surface area contributed by atoms with E-state index in [0.717, 1.165) is 0 Å². The van der Waals surface area contributed by atoms with Gasteiger partial charge in [-0.1, -0.05) is 29.8 Å². The van der Waals surface area contributed by atoms with E-state index in [1.165, 1.54) is 0 Å². The number of esters is 2. The third kappa shape index (κ3) is 0.926. The molecular formula is C10H13BrO3. The molecule has 0 amide bonds. The molecule has 3 nitrogen and oxygen atoms in total. The molecule has 1 aliphatic carbocycles. The molecule has 2 aliphatic rings. The summed E-state index contributed by atoms with van der Waals surface area (Å²) in [6.45, 7) is 5.82. The highest BCUT2D eigenvalue weighted by Gasteiger charge is 2.66. The van der Waals surface area contributed by atoms with Crippen LogP contribution in [0.25, 0.3) is 0 Å². The molecular weight excluding hydrogens is 248 g/mol. The van der Waals surface area contributed by atoms with Gasteiger partial charge in [0, 0.05) is 4.83 Å². The first kappa shape index (κ1) is 10.1. The molecule has 14 heavy (non-hydrogen) atoms. The van der Waals surface area contributed by atoms with Gasteiger partial charge in [-0.2, -0.15) is 0 Å². The smallest absolute Gasteiger partial charge is 0.320 e. The van der Waals surface area contributed by atoms with Gasteiger partial charge in [0.15, 0.2) is 0 Å². The molecule has 1 aliphatic heterocycles. The van der Waals surface area contributed by atoms with Crippen molar-refractivity contribution in [2.45, 2.75) is 32.0 Å². The monoisotopic (exact) mass is 260 g/mol. The van der Waals surface area contributed by atoms with E-state index in [1.54, 1.807) is 0 Å². The van der Waals surface area contributed by atoms with E-state index in [2.05, 4.69) is 15.9 Å². The molecule has 0 aromatic heterocycles. The Labute approximate surface area is 91.3 Å². The number of hydrogen-bond acceptors (Lipinski definition) is 3. The van der Waals surface area contributed by atoms with Crippen molar-refractivity contribution in [1.29, 1.82) is 0 Å². The van der Waals surface area contributed by atoms with Crippen LogP contribution in [0.5, 0.6) is 0 Å². The summed E-state index contributed by atoms with van der Waals surface area (Å²) >= 11 is 3.47. The second kappa shape index (κ2) is 2.60. The first-order valence-corrected chi connectivity index (χ1v) is 5.62. The Morgan fingerprint density at radius 1 is 1.36 bits per heavy atom. The molecule has 2 bridgehead atoms. The predicted octanol–water partition coefficient (Wildman–Crippen LogP) is 1.89. The quantitative estimate of drug-likeness (QED) is 0.380. The summed E-state index contributed by atoms with van der Waals surface area (Å²) in [5, 5.41) is 0. The van der Waals surface area contributed by atoms with Crippen molar-refractivity contribution in [3.05, 3.63) is 0 Å². The summed E-state index contributed by atoms with van der Waals surface area (Å²) in [5.74, 6) is -0.951. The van der Waals surface area contributed by atoms with Gasteiger partial charge in [-0.05, 0) is 18.8 Å². The van der Waals surface area contributed by atoms with Crippen LogP contribution in [-0.4, -0.2) is 16.8 Å². The van der Waals surface area contributed by atoms with Crippen LogP contribution in [-0.2, 0) is 14.3 Å². The molecule has 0 aromatic rings. The van der Waals surface area contributed by atoms with E-state index in [9.17, 15) is 9.59 Å². The summed E-state index contributed by atoms with van der Waals surface area (Å²) in [7, 11) is 0. The van der Waals surface area contributed by atoms with Gasteiger partial charge in [0.2, 0.25) is 0 Å². The summed E-state index contributed by atoms with van der Waals surface area (Å²) in [6.07, 6.45) is 0.676. The molecule has 0 radical (unpaired) electrons. The number of hydrogen-bond donors (Lipinski definition) is 0. The number of ether oxygens (including phenoxy) is 1. The fraction of sp³-hybridized carbons (Fsp3) is 0.800. The molecule has 2 fully saturated rings. The molecule has 2 rings (SSSR count).